The molecule has 2 aliphatic rings. The fourth-order valence-corrected chi connectivity index (χ4v) is 3.30. The van der Waals surface area contributed by atoms with E-state index in [1.807, 2.05) is 19.9 Å². The molecule has 2 aliphatic carbocycles. The standard InChI is InChI=1S/C18H23N.C3H8.C2H6.CH4O.H2O/c1-4-13-9-15-7-11(2)8-16(15)12(3)17(13)10-18(19)14-5-6-14;1-3-2;2*1-2;/h4,9-11,14H,1,5-8,19H2,2-3H3;3H2,1-2H3;1-2H3;2H,1H3;1H2/b18-10-;;;;. The number of rotatable bonds is 3. The van der Waals surface area contributed by atoms with E-state index >= 15 is 0 Å². The first kappa shape index (κ1) is 27.6. The molecule has 3 rings (SSSR count). The molecule has 156 valence electrons. The van der Waals surface area contributed by atoms with Gasteiger partial charge in [0.25, 0.3) is 0 Å². The van der Waals surface area contributed by atoms with Gasteiger partial charge in [-0.25, -0.2) is 0 Å². The van der Waals surface area contributed by atoms with Gasteiger partial charge in [0.15, 0.2) is 0 Å². The van der Waals surface area contributed by atoms with Gasteiger partial charge < -0.3 is 16.3 Å². The summed E-state index contributed by atoms with van der Waals surface area (Å²) in [4.78, 5) is 0. The number of aliphatic hydroxyl groups excluding tert-OH is 1. The molecule has 1 atom stereocenters. The summed E-state index contributed by atoms with van der Waals surface area (Å²) in [5.41, 5.74) is 14.3. The lowest BCUT2D eigenvalue weighted by molar-refractivity contribution is 0.399. The van der Waals surface area contributed by atoms with Crippen LogP contribution >= 0.6 is 0 Å². The monoisotopic (exact) mass is 377 g/mol. The van der Waals surface area contributed by atoms with Gasteiger partial charge in [0.2, 0.25) is 0 Å². The Hall–Kier alpha value is -1.58. The maximum Gasteiger partial charge on any atom is 0.0319 e. The zero-order chi connectivity index (χ0) is 20.3. The Balaban J connectivity index is 0. The molecule has 0 spiro atoms. The molecule has 27 heavy (non-hydrogen) atoms. The van der Waals surface area contributed by atoms with Crippen molar-refractivity contribution in [2.24, 2.45) is 17.6 Å². The summed E-state index contributed by atoms with van der Waals surface area (Å²) in [6.45, 7) is 16.8. The predicted molar refractivity (Wildman–Crippen MR) is 122 cm³/mol. The van der Waals surface area contributed by atoms with Crippen molar-refractivity contribution in [1.29, 1.82) is 0 Å². The molecule has 3 nitrogen and oxygen atoms in total. The topological polar surface area (TPSA) is 77.8 Å². The third kappa shape index (κ3) is 7.90. The van der Waals surface area contributed by atoms with Crippen LogP contribution < -0.4 is 5.73 Å². The van der Waals surface area contributed by atoms with Crippen LogP contribution in [0.4, 0.5) is 0 Å². The molecule has 1 saturated carbocycles. The largest absolute Gasteiger partial charge is 0.412 e. The second kappa shape index (κ2) is 14.5. The summed E-state index contributed by atoms with van der Waals surface area (Å²) in [6, 6.07) is 2.32. The van der Waals surface area contributed by atoms with Crippen LogP contribution in [-0.4, -0.2) is 17.7 Å². The Kier molecular flexibility index (Phi) is 14.8. The van der Waals surface area contributed by atoms with E-state index in [2.05, 4.69) is 46.4 Å². The number of allylic oxidation sites excluding steroid dienone is 1. The third-order valence-corrected chi connectivity index (χ3v) is 4.59. The quantitative estimate of drug-likeness (QED) is 0.749. The van der Waals surface area contributed by atoms with Crippen LogP contribution in [0.15, 0.2) is 18.3 Å². The highest BCUT2D eigenvalue weighted by Gasteiger charge is 2.26. The first-order chi connectivity index (χ1) is 12.5. The number of hydrogen-bond acceptors (Lipinski definition) is 2. The number of hydrogen-bond donors (Lipinski definition) is 2. The molecule has 3 heteroatoms. The van der Waals surface area contributed by atoms with Crippen molar-refractivity contribution in [1.82, 2.24) is 0 Å². The maximum absolute atomic E-state index is 7.00. The summed E-state index contributed by atoms with van der Waals surface area (Å²) < 4.78 is 0. The van der Waals surface area contributed by atoms with Crippen molar-refractivity contribution < 1.29 is 10.6 Å². The average molecular weight is 378 g/mol. The van der Waals surface area contributed by atoms with Gasteiger partial charge in [0.1, 0.15) is 0 Å². The summed E-state index contributed by atoms with van der Waals surface area (Å²) >= 11 is 0. The summed E-state index contributed by atoms with van der Waals surface area (Å²) in [5.74, 6) is 1.40. The number of benzene rings is 1. The summed E-state index contributed by atoms with van der Waals surface area (Å²) in [5, 5.41) is 7.00. The van der Waals surface area contributed by atoms with E-state index in [1.54, 1.807) is 5.56 Å². The van der Waals surface area contributed by atoms with Gasteiger partial charge in [0.05, 0.1) is 0 Å². The van der Waals surface area contributed by atoms with Gasteiger partial charge in [-0.1, -0.05) is 59.8 Å². The molecule has 5 N–H and O–H groups in total. The maximum atomic E-state index is 7.00. The zero-order valence-electron chi connectivity index (χ0n) is 18.7. The van der Waals surface area contributed by atoms with Crippen LogP contribution in [0.2, 0.25) is 0 Å². The molecule has 1 aromatic rings. The van der Waals surface area contributed by atoms with Crippen LogP contribution in [0.5, 0.6) is 0 Å². The molecule has 0 aromatic heterocycles. The Morgan fingerprint density at radius 1 is 1.22 bits per heavy atom. The molecule has 1 fully saturated rings. The third-order valence-electron chi connectivity index (χ3n) is 4.59. The molecule has 0 radical (unpaired) electrons. The van der Waals surface area contributed by atoms with Crippen molar-refractivity contribution in [3.05, 3.63) is 46.2 Å². The van der Waals surface area contributed by atoms with Crippen LogP contribution in [0.25, 0.3) is 12.2 Å². The van der Waals surface area contributed by atoms with Crippen molar-refractivity contribution in [3.63, 3.8) is 0 Å². The first-order valence-electron chi connectivity index (χ1n) is 10.2. The second-order valence-electron chi connectivity index (χ2n) is 6.99. The predicted octanol–water partition coefficient (Wildman–Crippen LogP) is 5.31. The smallest absolute Gasteiger partial charge is 0.0319 e. The highest BCUT2D eigenvalue weighted by Crippen LogP contribution is 2.37. The van der Waals surface area contributed by atoms with Crippen LogP contribution in [0, 0.1) is 18.8 Å². The van der Waals surface area contributed by atoms with E-state index in [0.29, 0.717) is 5.92 Å². The first-order valence-corrected chi connectivity index (χ1v) is 10.2. The number of fused-ring (bicyclic) bond motifs is 1. The SMILES string of the molecule is C=Cc1cc2c(c(C)c1/C=C(\N)C1CC1)CC(C)C2.CC.CCC.CO.O. The van der Waals surface area contributed by atoms with E-state index in [0.717, 1.165) is 18.7 Å². The molecular weight excluding hydrogens is 334 g/mol. The molecule has 0 bridgehead atoms. The van der Waals surface area contributed by atoms with Crippen LogP contribution in [-0.2, 0) is 12.8 Å². The van der Waals surface area contributed by atoms with E-state index in [4.69, 9.17) is 10.8 Å². The second-order valence-corrected chi connectivity index (χ2v) is 6.99. The Bertz CT molecular complexity index is 587. The normalized spacial score (nSPS) is 16.9. The summed E-state index contributed by atoms with van der Waals surface area (Å²) in [7, 11) is 1.00. The number of nitrogens with two attached hydrogens (primary N) is 1. The minimum Gasteiger partial charge on any atom is -0.412 e. The summed E-state index contributed by atoms with van der Waals surface area (Å²) in [6.07, 6.45) is 10.4. The highest BCUT2D eigenvalue weighted by atomic mass is 16.2. The van der Waals surface area contributed by atoms with Gasteiger partial charge in [-0.15, -0.1) is 0 Å². The molecular formula is C24H43NO2. The van der Waals surface area contributed by atoms with Crippen molar-refractivity contribution in [3.8, 4) is 0 Å². The van der Waals surface area contributed by atoms with E-state index in [9.17, 15) is 0 Å². The fraction of sp³-hybridized carbons (Fsp3) is 0.583. The highest BCUT2D eigenvalue weighted by molar-refractivity contribution is 5.71. The van der Waals surface area contributed by atoms with Gasteiger partial charge >= 0.3 is 0 Å². The Morgan fingerprint density at radius 3 is 2.19 bits per heavy atom. The zero-order valence-corrected chi connectivity index (χ0v) is 18.7. The van der Waals surface area contributed by atoms with Crippen LogP contribution in [0.3, 0.4) is 0 Å². The molecule has 0 saturated heterocycles. The Labute approximate surface area is 167 Å². The minimum atomic E-state index is 0. The van der Waals surface area contributed by atoms with E-state index in [-0.39, 0.29) is 5.48 Å². The molecule has 0 heterocycles. The molecule has 0 amide bonds. The van der Waals surface area contributed by atoms with Gasteiger partial charge in [0, 0.05) is 12.8 Å². The molecule has 1 unspecified atom stereocenters. The van der Waals surface area contributed by atoms with E-state index in [1.165, 1.54) is 54.4 Å². The lowest BCUT2D eigenvalue weighted by Gasteiger charge is -2.13. The lowest BCUT2D eigenvalue weighted by atomic mass is 9.92. The van der Waals surface area contributed by atoms with Gasteiger partial charge in [-0.3, -0.25) is 0 Å². The fourth-order valence-electron chi connectivity index (χ4n) is 3.30. The average Bonchev–Trinajstić information content (AvgIpc) is 3.43. The van der Waals surface area contributed by atoms with E-state index < -0.39 is 0 Å². The van der Waals surface area contributed by atoms with Crippen molar-refractivity contribution in [2.45, 2.75) is 73.6 Å². The van der Waals surface area contributed by atoms with Crippen molar-refractivity contribution in [2.75, 3.05) is 7.11 Å². The van der Waals surface area contributed by atoms with Gasteiger partial charge in [-0.05, 0) is 78.3 Å². The van der Waals surface area contributed by atoms with Crippen molar-refractivity contribution >= 4 is 12.2 Å². The Morgan fingerprint density at radius 2 is 1.74 bits per heavy atom. The lowest BCUT2D eigenvalue weighted by Crippen LogP contribution is -2.02. The molecule has 1 aromatic carbocycles. The van der Waals surface area contributed by atoms with Gasteiger partial charge in [-0.2, -0.15) is 0 Å². The van der Waals surface area contributed by atoms with Crippen LogP contribution in [0.1, 0.15) is 81.7 Å². The number of aliphatic hydroxyl groups is 1. The minimum absolute atomic E-state index is 0. The molecule has 0 aliphatic heterocycles.